The first kappa shape index (κ1) is 22.3. The number of aromatic nitrogens is 2. The second-order valence-electron chi connectivity index (χ2n) is 7.37. The molecule has 3 N–H and O–H groups in total. The number of anilines is 1. The van der Waals surface area contributed by atoms with Crippen LogP contribution in [0.25, 0.3) is 16.6 Å². The fourth-order valence-electron chi connectivity index (χ4n) is 3.49. The topological polar surface area (TPSA) is 87.4 Å². The molecule has 0 fully saturated rings. The van der Waals surface area contributed by atoms with E-state index in [9.17, 15) is 32.6 Å². The van der Waals surface area contributed by atoms with Crippen LogP contribution in [0.5, 0.6) is 0 Å². The van der Waals surface area contributed by atoms with Gasteiger partial charge in [-0.15, -0.1) is 0 Å². The molecule has 0 spiro atoms. The van der Waals surface area contributed by atoms with Gasteiger partial charge in [0.1, 0.15) is 5.82 Å². The summed E-state index contributed by atoms with van der Waals surface area (Å²) < 4.78 is 56.6. The standard InChI is InChI=1S/C23H17F4N3O3/c24-16-6-8-17(9-7-16)30-20-10-5-15(11-14(20)12-29-30)22(33,23(25,26)27)13-28-19-4-2-1-3-18(19)21(31)32/h1-12,28,33H,13H2,(H,31,32). The third-order valence-electron chi connectivity index (χ3n) is 5.28. The summed E-state index contributed by atoms with van der Waals surface area (Å²) in [6, 6.07) is 14.6. The average molecular weight is 459 g/mol. The van der Waals surface area contributed by atoms with Crippen LogP contribution in [0, 0.1) is 5.82 Å². The van der Waals surface area contributed by atoms with Crippen LogP contribution in [-0.2, 0) is 5.60 Å². The minimum atomic E-state index is -5.07. The highest BCUT2D eigenvalue weighted by Gasteiger charge is 2.55. The lowest BCUT2D eigenvalue weighted by atomic mass is 9.91. The highest BCUT2D eigenvalue weighted by atomic mass is 19.4. The summed E-state index contributed by atoms with van der Waals surface area (Å²) in [7, 11) is 0. The average Bonchev–Trinajstić information content (AvgIpc) is 3.20. The van der Waals surface area contributed by atoms with Crippen LogP contribution in [0.2, 0.25) is 0 Å². The van der Waals surface area contributed by atoms with Crippen molar-refractivity contribution in [2.45, 2.75) is 11.8 Å². The van der Waals surface area contributed by atoms with Gasteiger partial charge in [0.25, 0.3) is 0 Å². The van der Waals surface area contributed by atoms with Gasteiger partial charge in [-0.1, -0.05) is 18.2 Å². The number of rotatable bonds is 6. The van der Waals surface area contributed by atoms with Gasteiger partial charge in [0.15, 0.2) is 0 Å². The number of aromatic carboxylic acids is 1. The Morgan fingerprint density at radius 2 is 1.73 bits per heavy atom. The van der Waals surface area contributed by atoms with Gasteiger partial charge in [-0.25, -0.2) is 13.9 Å². The lowest BCUT2D eigenvalue weighted by Gasteiger charge is -2.31. The molecule has 0 amide bonds. The highest BCUT2D eigenvalue weighted by Crippen LogP contribution is 2.40. The number of benzene rings is 3. The van der Waals surface area contributed by atoms with E-state index in [4.69, 9.17) is 0 Å². The van der Waals surface area contributed by atoms with Gasteiger partial charge in [-0.3, -0.25) is 0 Å². The molecular formula is C23H17F4N3O3. The number of carboxylic acids is 1. The summed E-state index contributed by atoms with van der Waals surface area (Å²) in [6.07, 6.45) is -3.73. The van der Waals surface area contributed by atoms with Gasteiger partial charge in [-0.05, 0) is 54.1 Å². The van der Waals surface area contributed by atoms with Crippen LogP contribution >= 0.6 is 0 Å². The molecule has 0 aliphatic carbocycles. The third-order valence-corrected chi connectivity index (χ3v) is 5.28. The number of carbonyl (C=O) groups is 1. The van der Waals surface area contributed by atoms with Crippen molar-refractivity contribution in [3.8, 4) is 5.69 Å². The van der Waals surface area contributed by atoms with Crippen LogP contribution in [0.3, 0.4) is 0 Å². The maximum absolute atomic E-state index is 14.0. The van der Waals surface area contributed by atoms with Crippen molar-refractivity contribution in [1.82, 2.24) is 9.78 Å². The van der Waals surface area contributed by atoms with Gasteiger partial charge in [0.05, 0.1) is 29.5 Å². The first-order valence-electron chi connectivity index (χ1n) is 9.70. The number of halogens is 4. The van der Waals surface area contributed by atoms with Crippen LogP contribution in [-0.4, -0.2) is 38.7 Å². The fraction of sp³-hybridized carbons (Fsp3) is 0.130. The molecule has 0 radical (unpaired) electrons. The molecule has 4 rings (SSSR count). The van der Waals surface area contributed by atoms with E-state index in [2.05, 4.69) is 10.4 Å². The molecule has 3 aromatic carbocycles. The molecule has 0 aliphatic rings. The predicted octanol–water partition coefficient (Wildman–Crippen LogP) is 4.72. The molecule has 4 aromatic rings. The largest absolute Gasteiger partial charge is 0.478 e. The number of nitrogens with one attached hydrogen (secondary N) is 1. The molecule has 0 saturated heterocycles. The monoisotopic (exact) mass is 459 g/mol. The number of aliphatic hydroxyl groups is 1. The molecule has 0 aliphatic heterocycles. The predicted molar refractivity (Wildman–Crippen MR) is 113 cm³/mol. The molecule has 0 saturated carbocycles. The van der Waals surface area contributed by atoms with E-state index in [1.54, 1.807) is 0 Å². The molecule has 170 valence electrons. The number of alkyl halides is 3. The number of nitrogens with zero attached hydrogens (tertiary/aromatic N) is 2. The Kier molecular flexibility index (Phi) is 5.54. The van der Waals surface area contributed by atoms with E-state index in [0.29, 0.717) is 16.6 Å². The summed E-state index contributed by atoms with van der Waals surface area (Å²) in [4.78, 5) is 11.3. The van der Waals surface area contributed by atoms with E-state index in [-0.39, 0.29) is 11.3 Å². The van der Waals surface area contributed by atoms with E-state index in [0.717, 1.165) is 6.07 Å². The van der Waals surface area contributed by atoms with E-state index >= 15 is 0 Å². The van der Waals surface area contributed by atoms with E-state index in [1.807, 2.05) is 0 Å². The van der Waals surface area contributed by atoms with Crippen LogP contribution in [0.4, 0.5) is 23.2 Å². The molecule has 33 heavy (non-hydrogen) atoms. The van der Waals surface area contributed by atoms with Crippen LogP contribution in [0.15, 0.2) is 72.9 Å². The zero-order valence-electron chi connectivity index (χ0n) is 16.8. The number of hydrogen-bond acceptors (Lipinski definition) is 4. The molecule has 0 bridgehead atoms. The minimum absolute atomic E-state index is 0.0575. The molecule has 1 aromatic heterocycles. The maximum atomic E-state index is 14.0. The van der Waals surface area contributed by atoms with Crippen molar-refractivity contribution in [1.29, 1.82) is 0 Å². The Morgan fingerprint density at radius 3 is 2.39 bits per heavy atom. The van der Waals surface area contributed by atoms with Gasteiger partial charge >= 0.3 is 12.1 Å². The Bertz CT molecular complexity index is 1320. The lowest BCUT2D eigenvalue weighted by molar-refractivity contribution is -0.260. The first-order valence-corrected chi connectivity index (χ1v) is 9.70. The van der Waals surface area contributed by atoms with Crippen molar-refractivity contribution in [2.24, 2.45) is 0 Å². The number of fused-ring (bicyclic) bond motifs is 1. The van der Waals surface area contributed by atoms with Crippen molar-refractivity contribution in [3.05, 3.63) is 89.9 Å². The lowest BCUT2D eigenvalue weighted by Crippen LogP contribution is -2.47. The number of carboxylic acid groups (broad SMARTS) is 1. The number of para-hydroxylation sites is 1. The SMILES string of the molecule is O=C(O)c1ccccc1NCC(O)(c1ccc2c(cnn2-c2ccc(F)cc2)c1)C(F)(F)F. The molecule has 1 heterocycles. The van der Waals surface area contributed by atoms with Gasteiger partial charge < -0.3 is 15.5 Å². The van der Waals surface area contributed by atoms with Crippen LogP contribution < -0.4 is 5.32 Å². The molecule has 10 heteroatoms. The summed E-state index contributed by atoms with van der Waals surface area (Å²) in [5, 5.41) is 26.9. The first-order chi connectivity index (χ1) is 15.6. The maximum Gasteiger partial charge on any atom is 0.423 e. The Labute approximate surface area is 184 Å². The summed E-state index contributed by atoms with van der Waals surface area (Å²) in [5.41, 5.74) is -3.07. The van der Waals surface area contributed by atoms with Gasteiger partial charge in [-0.2, -0.15) is 18.3 Å². The molecule has 1 unspecified atom stereocenters. The van der Waals surface area contributed by atoms with Gasteiger partial charge in [0, 0.05) is 11.1 Å². The highest BCUT2D eigenvalue weighted by molar-refractivity contribution is 5.94. The summed E-state index contributed by atoms with van der Waals surface area (Å²) in [6.45, 7) is -1.02. The zero-order chi connectivity index (χ0) is 23.8. The van der Waals surface area contributed by atoms with E-state index < -0.39 is 35.7 Å². The smallest absolute Gasteiger partial charge is 0.423 e. The Hall–Kier alpha value is -3.92. The van der Waals surface area contributed by atoms with E-state index in [1.165, 1.54) is 71.5 Å². The zero-order valence-corrected chi connectivity index (χ0v) is 16.8. The fourth-order valence-corrected chi connectivity index (χ4v) is 3.49. The Balaban J connectivity index is 1.71. The third kappa shape index (κ3) is 4.12. The van der Waals surface area contributed by atoms with Crippen molar-refractivity contribution in [3.63, 3.8) is 0 Å². The van der Waals surface area contributed by atoms with Crippen molar-refractivity contribution in [2.75, 3.05) is 11.9 Å². The normalized spacial score (nSPS) is 13.6. The quantitative estimate of drug-likeness (QED) is 0.363. The van der Waals surface area contributed by atoms with Crippen LogP contribution in [0.1, 0.15) is 15.9 Å². The van der Waals surface area contributed by atoms with Crippen molar-refractivity contribution < 1.29 is 32.6 Å². The summed E-state index contributed by atoms with van der Waals surface area (Å²) >= 11 is 0. The van der Waals surface area contributed by atoms with Gasteiger partial charge in [0.2, 0.25) is 5.60 Å². The Morgan fingerprint density at radius 1 is 1.03 bits per heavy atom. The number of hydrogen-bond donors (Lipinski definition) is 3. The summed E-state index contributed by atoms with van der Waals surface area (Å²) in [5.74, 6) is -1.76. The second kappa shape index (κ2) is 8.21. The molecule has 6 nitrogen and oxygen atoms in total. The van der Waals surface area contributed by atoms with Crippen molar-refractivity contribution >= 4 is 22.6 Å². The molecular weight excluding hydrogens is 442 g/mol. The minimum Gasteiger partial charge on any atom is -0.478 e. The molecule has 1 atom stereocenters. The second-order valence-corrected chi connectivity index (χ2v) is 7.37.